The number of aromatic nitrogens is 2. The maximum atomic E-state index is 12.4. The van der Waals surface area contributed by atoms with Gasteiger partial charge in [0.1, 0.15) is 17.3 Å². The average Bonchev–Trinajstić information content (AvgIpc) is 2.81. The van der Waals surface area contributed by atoms with Gasteiger partial charge in [0, 0.05) is 29.0 Å². The number of nitrogens with one attached hydrogen (secondary N) is 2. The summed E-state index contributed by atoms with van der Waals surface area (Å²) < 4.78 is 6.07. The van der Waals surface area contributed by atoms with E-state index in [0.717, 1.165) is 16.5 Å². The molecule has 0 saturated heterocycles. The third kappa shape index (κ3) is 5.14. The summed E-state index contributed by atoms with van der Waals surface area (Å²) in [6.07, 6.45) is 3.27. The first kappa shape index (κ1) is 21.5. The molecule has 2 aromatic carbocycles. The largest absolute Gasteiger partial charge is 0.457 e. The van der Waals surface area contributed by atoms with Gasteiger partial charge in [-0.05, 0) is 79.9 Å². The number of amides is 2. The summed E-state index contributed by atoms with van der Waals surface area (Å²) in [7, 11) is 0. The molecule has 4 aromatic rings. The SMILES string of the molecule is CC#CC(=O)Nc1cc2c(Oc3ccc(C(=O)Nc4ccccn4)cc3)ccnc2cc1C. The molecule has 0 aliphatic rings. The lowest BCUT2D eigenvalue weighted by Crippen LogP contribution is -2.12. The van der Waals surface area contributed by atoms with Crippen LogP contribution in [-0.4, -0.2) is 21.8 Å². The van der Waals surface area contributed by atoms with Crippen molar-refractivity contribution in [1.82, 2.24) is 9.97 Å². The zero-order chi connectivity index (χ0) is 23.2. The lowest BCUT2D eigenvalue weighted by atomic mass is 10.1. The van der Waals surface area contributed by atoms with Crippen LogP contribution in [0.1, 0.15) is 22.8 Å². The molecule has 4 rings (SSSR count). The summed E-state index contributed by atoms with van der Waals surface area (Å²) in [5.74, 6) is 6.01. The van der Waals surface area contributed by atoms with Gasteiger partial charge in [-0.25, -0.2) is 4.98 Å². The van der Waals surface area contributed by atoms with Crippen molar-refractivity contribution in [3.05, 3.63) is 84.2 Å². The number of carbonyl (C=O) groups is 2. The number of rotatable bonds is 5. The van der Waals surface area contributed by atoms with Gasteiger partial charge in [0.25, 0.3) is 11.8 Å². The zero-order valence-electron chi connectivity index (χ0n) is 18.0. The standard InChI is InChI=1S/C26H20N4O3/c1-3-6-25(31)29-21-16-20-22(15-17(21)2)27-14-12-23(20)33-19-10-8-18(9-11-19)26(32)30-24-7-4-5-13-28-24/h4-5,7-16H,1-2H3,(H,29,31)(H,28,30,32). The van der Waals surface area contributed by atoms with Crippen LogP contribution in [0, 0.1) is 18.8 Å². The lowest BCUT2D eigenvalue weighted by Gasteiger charge is -2.12. The molecule has 0 bridgehead atoms. The summed E-state index contributed by atoms with van der Waals surface area (Å²) in [5, 5.41) is 6.27. The van der Waals surface area contributed by atoms with Gasteiger partial charge < -0.3 is 15.4 Å². The number of fused-ring (bicyclic) bond motifs is 1. The van der Waals surface area contributed by atoms with Crippen molar-refractivity contribution in [1.29, 1.82) is 0 Å². The second kappa shape index (κ2) is 9.62. The number of anilines is 2. The molecule has 0 atom stereocenters. The Kier molecular flexibility index (Phi) is 6.28. The van der Waals surface area contributed by atoms with Crippen molar-refractivity contribution >= 4 is 34.2 Å². The Morgan fingerprint density at radius 1 is 0.939 bits per heavy atom. The van der Waals surface area contributed by atoms with Gasteiger partial charge in [-0.3, -0.25) is 14.6 Å². The van der Waals surface area contributed by atoms with E-state index in [-0.39, 0.29) is 11.8 Å². The normalized spacial score (nSPS) is 10.1. The van der Waals surface area contributed by atoms with Gasteiger partial charge in [-0.15, -0.1) is 0 Å². The molecular weight excluding hydrogens is 416 g/mol. The minimum Gasteiger partial charge on any atom is -0.457 e. The molecule has 0 radical (unpaired) electrons. The molecule has 2 amide bonds. The third-order valence-electron chi connectivity index (χ3n) is 4.79. The number of aryl methyl sites for hydroxylation is 1. The van der Waals surface area contributed by atoms with E-state index >= 15 is 0 Å². The maximum absolute atomic E-state index is 12.4. The number of nitrogens with zero attached hydrogens (tertiary/aromatic N) is 2. The molecule has 0 unspecified atom stereocenters. The highest BCUT2D eigenvalue weighted by Gasteiger charge is 2.11. The summed E-state index contributed by atoms with van der Waals surface area (Å²) in [6.45, 7) is 3.49. The first-order valence-electron chi connectivity index (χ1n) is 10.2. The molecule has 0 aliphatic heterocycles. The summed E-state index contributed by atoms with van der Waals surface area (Å²) in [4.78, 5) is 32.8. The van der Waals surface area contributed by atoms with Gasteiger partial charge in [-0.2, -0.15) is 0 Å². The van der Waals surface area contributed by atoms with E-state index in [2.05, 4.69) is 32.4 Å². The van der Waals surface area contributed by atoms with Crippen LogP contribution in [0.5, 0.6) is 11.5 Å². The second-order valence-electron chi connectivity index (χ2n) is 7.12. The monoisotopic (exact) mass is 436 g/mol. The van der Waals surface area contributed by atoms with E-state index in [1.807, 2.05) is 19.1 Å². The second-order valence-corrected chi connectivity index (χ2v) is 7.12. The Bertz CT molecular complexity index is 1390. The van der Waals surface area contributed by atoms with Crippen LogP contribution in [0.3, 0.4) is 0 Å². The van der Waals surface area contributed by atoms with Crippen molar-refractivity contribution in [3.8, 4) is 23.3 Å². The number of hydrogen-bond donors (Lipinski definition) is 2. The number of hydrogen-bond acceptors (Lipinski definition) is 5. The topological polar surface area (TPSA) is 93.2 Å². The van der Waals surface area contributed by atoms with Gasteiger partial charge in [0.05, 0.1) is 5.52 Å². The molecule has 7 heteroatoms. The molecule has 33 heavy (non-hydrogen) atoms. The fourth-order valence-corrected chi connectivity index (χ4v) is 3.19. The van der Waals surface area contributed by atoms with E-state index < -0.39 is 0 Å². The van der Waals surface area contributed by atoms with E-state index in [1.165, 1.54) is 0 Å². The highest BCUT2D eigenvalue weighted by atomic mass is 16.5. The molecule has 2 aromatic heterocycles. The third-order valence-corrected chi connectivity index (χ3v) is 4.79. The molecule has 7 nitrogen and oxygen atoms in total. The van der Waals surface area contributed by atoms with Crippen molar-refractivity contribution in [2.24, 2.45) is 0 Å². The van der Waals surface area contributed by atoms with Crippen molar-refractivity contribution in [2.75, 3.05) is 10.6 Å². The van der Waals surface area contributed by atoms with E-state index in [1.54, 1.807) is 67.8 Å². The Hall–Kier alpha value is -4.70. The number of ether oxygens (including phenoxy) is 1. The summed E-state index contributed by atoms with van der Waals surface area (Å²) in [5.41, 5.74) is 2.71. The van der Waals surface area contributed by atoms with Crippen LogP contribution in [0.25, 0.3) is 10.9 Å². The van der Waals surface area contributed by atoms with Gasteiger partial charge in [0.2, 0.25) is 0 Å². The molecule has 0 aliphatic carbocycles. The Labute approximate surface area is 190 Å². The Balaban J connectivity index is 1.56. The highest BCUT2D eigenvalue weighted by molar-refractivity contribution is 6.06. The van der Waals surface area contributed by atoms with Gasteiger partial charge in [0.15, 0.2) is 0 Å². The van der Waals surface area contributed by atoms with E-state index in [9.17, 15) is 9.59 Å². The van der Waals surface area contributed by atoms with Crippen LogP contribution < -0.4 is 15.4 Å². The predicted molar refractivity (Wildman–Crippen MR) is 127 cm³/mol. The summed E-state index contributed by atoms with van der Waals surface area (Å²) >= 11 is 0. The number of benzene rings is 2. The van der Waals surface area contributed by atoms with Crippen LogP contribution in [0.15, 0.2) is 73.1 Å². The first-order valence-corrected chi connectivity index (χ1v) is 10.2. The van der Waals surface area contributed by atoms with Crippen LogP contribution in [-0.2, 0) is 4.79 Å². The number of carbonyl (C=O) groups excluding carboxylic acids is 2. The minimum absolute atomic E-state index is 0.263. The fraction of sp³-hybridized carbons (Fsp3) is 0.0769. The summed E-state index contributed by atoms with van der Waals surface area (Å²) in [6, 6.07) is 17.5. The first-order chi connectivity index (χ1) is 16.0. The van der Waals surface area contributed by atoms with Crippen LogP contribution in [0.2, 0.25) is 0 Å². The minimum atomic E-state index is -0.383. The van der Waals surface area contributed by atoms with Crippen molar-refractivity contribution < 1.29 is 14.3 Å². The van der Waals surface area contributed by atoms with Crippen molar-refractivity contribution in [2.45, 2.75) is 13.8 Å². The van der Waals surface area contributed by atoms with Crippen molar-refractivity contribution in [3.63, 3.8) is 0 Å². The number of pyridine rings is 2. The molecular formula is C26H20N4O3. The molecule has 2 N–H and O–H groups in total. The molecule has 162 valence electrons. The van der Waals surface area contributed by atoms with E-state index in [4.69, 9.17) is 4.74 Å². The molecule has 0 saturated carbocycles. The predicted octanol–water partition coefficient (Wildman–Crippen LogP) is 4.94. The maximum Gasteiger partial charge on any atom is 0.300 e. The van der Waals surface area contributed by atoms with Gasteiger partial charge in [-0.1, -0.05) is 12.0 Å². The molecule has 0 spiro atoms. The lowest BCUT2D eigenvalue weighted by molar-refractivity contribution is -0.111. The average molecular weight is 436 g/mol. The Morgan fingerprint density at radius 3 is 2.48 bits per heavy atom. The zero-order valence-corrected chi connectivity index (χ0v) is 18.0. The van der Waals surface area contributed by atoms with Crippen LogP contribution in [0.4, 0.5) is 11.5 Å². The van der Waals surface area contributed by atoms with Crippen LogP contribution >= 0.6 is 0 Å². The highest BCUT2D eigenvalue weighted by Crippen LogP contribution is 2.32. The fourth-order valence-electron chi connectivity index (χ4n) is 3.19. The molecule has 2 heterocycles. The smallest absolute Gasteiger partial charge is 0.300 e. The quantitative estimate of drug-likeness (QED) is 0.432. The molecule has 0 fully saturated rings. The van der Waals surface area contributed by atoms with Gasteiger partial charge >= 0.3 is 0 Å². The van der Waals surface area contributed by atoms with E-state index in [0.29, 0.717) is 28.6 Å². The Morgan fingerprint density at radius 2 is 1.76 bits per heavy atom.